The minimum Gasteiger partial charge on any atom is -0.858 e. The monoisotopic (exact) mass is 478 g/mol. The second-order valence-electron chi connectivity index (χ2n) is 8.87. The third kappa shape index (κ3) is 4.07. The number of aliphatic imine (C=N–C) groups is 1. The van der Waals surface area contributed by atoms with Crippen molar-refractivity contribution in [3.05, 3.63) is 60.2 Å². The topological polar surface area (TPSA) is 163 Å². The van der Waals surface area contributed by atoms with Gasteiger partial charge in [-0.3, -0.25) is 10.1 Å². The van der Waals surface area contributed by atoms with E-state index in [9.17, 15) is 13.5 Å². The largest absolute Gasteiger partial charge is 0.858 e. The molecule has 34 heavy (non-hydrogen) atoms. The van der Waals surface area contributed by atoms with Crippen molar-refractivity contribution in [2.24, 2.45) is 4.99 Å². The van der Waals surface area contributed by atoms with Gasteiger partial charge in [-0.1, -0.05) is 30.7 Å². The molecule has 3 N–H and O–H groups in total. The molecule has 0 spiro atoms. The van der Waals surface area contributed by atoms with Gasteiger partial charge in [-0.15, -0.1) is 0 Å². The van der Waals surface area contributed by atoms with E-state index in [0.717, 1.165) is 36.0 Å². The van der Waals surface area contributed by atoms with Crippen LogP contribution in [0.5, 0.6) is 0 Å². The van der Waals surface area contributed by atoms with Crippen LogP contribution >= 0.6 is 0 Å². The van der Waals surface area contributed by atoms with Crippen molar-refractivity contribution in [2.45, 2.75) is 37.1 Å². The van der Waals surface area contributed by atoms with Crippen molar-refractivity contribution in [3.63, 3.8) is 0 Å². The molecule has 3 heterocycles. The van der Waals surface area contributed by atoms with Crippen LogP contribution < -0.4 is 10.8 Å². The molecule has 1 saturated carbocycles. The first-order valence-corrected chi connectivity index (χ1v) is 12.9. The van der Waals surface area contributed by atoms with Crippen LogP contribution in [0.1, 0.15) is 42.9 Å². The lowest BCUT2D eigenvalue weighted by molar-refractivity contribution is -0.212. The Labute approximate surface area is 197 Å². The van der Waals surface area contributed by atoms with Gasteiger partial charge in [0.05, 0.1) is 29.2 Å². The standard InChI is InChI=1S/C23H25N7O3S/c24-21(29-20(31)17-12-28-30(13-17)19-6-9-34(32,33)14-19)23(7-1-8-23)18-4-2-15(3-5-18)16-10-26-22(25)27-11-16/h2-5,10-13,19H,1,6-9,14H2,(H2,24,29,31)(H2,25,26,27)/p-1. The maximum atomic E-state index is 12.8. The number of nitrogens with two attached hydrogens (primary N) is 1. The van der Waals surface area contributed by atoms with Crippen LogP contribution in [0.3, 0.4) is 0 Å². The van der Waals surface area contributed by atoms with Gasteiger partial charge < -0.3 is 10.8 Å². The van der Waals surface area contributed by atoms with Crippen LogP contribution in [0.15, 0.2) is 54.0 Å². The van der Waals surface area contributed by atoms with Crippen LogP contribution in [-0.2, 0) is 15.3 Å². The Hall–Kier alpha value is -3.60. The van der Waals surface area contributed by atoms with E-state index in [4.69, 9.17) is 11.1 Å². The summed E-state index contributed by atoms with van der Waals surface area (Å²) in [6, 6.07) is 7.53. The summed E-state index contributed by atoms with van der Waals surface area (Å²) in [6.45, 7) is 0. The van der Waals surface area contributed by atoms with Crippen molar-refractivity contribution in [1.29, 1.82) is 5.41 Å². The quantitative estimate of drug-likeness (QED) is 0.414. The smallest absolute Gasteiger partial charge is 0.219 e. The van der Waals surface area contributed by atoms with E-state index in [1.54, 1.807) is 12.4 Å². The summed E-state index contributed by atoms with van der Waals surface area (Å²) in [5.41, 5.74) is 7.92. The SMILES string of the molecule is N=C(N=C([O-])c1cnn(C2CCS(=O)(=O)C2)c1)C1(c2ccc(-c3cnc(N)nc3)cc2)CCC1. The highest BCUT2D eigenvalue weighted by molar-refractivity contribution is 7.91. The number of aromatic nitrogens is 4. The first kappa shape index (κ1) is 22.2. The molecule has 1 aliphatic heterocycles. The first-order valence-electron chi connectivity index (χ1n) is 11.0. The average molecular weight is 479 g/mol. The molecule has 2 aromatic heterocycles. The first-order chi connectivity index (χ1) is 16.3. The lowest BCUT2D eigenvalue weighted by atomic mass is 9.63. The van der Waals surface area contributed by atoms with Crippen molar-refractivity contribution in [1.82, 2.24) is 19.7 Å². The fourth-order valence-corrected chi connectivity index (χ4v) is 6.27. The second-order valence-corrected chi connectivity index (χ2v) is 11.1. The molecule has 10 nitrogen and oxygen atoms in total. The highest BCUT2D eigenvalue weighted by Crippen LogP contribution is 2.45. The van der Waals surface area contributed by atoms with Gasteiger partial charge in [-0.2, -0.15) is 5.10 Å². The predicted octanol–water partition coefficient (Wildman–Crippen LogP) is 1.49. The summed E-state index contributed by atoms with van der Waals surface area (Å²) in [4.78, 5) is 12.2. The molecular formula is C23H24N7O3S-. The molecule has 0 amide bonds. The molecule has 1 saturated heterocycles. The second kappa shape index (κ2) is 8.32. The van der Waals surface area contributed by atoms with Crippen LogP contribution in [0.25, 0.3) is 11.1 Å². The summed E-state index contributed by atoms with van der Waals surface area (Å²) in [7, 11) is -3.06. The van der Waals surface area contributed by atoms with Gasteiger partial charge in [0.25, 0.3) is 0 Å². The molecule has 0 bridgehead atoms. The third-order valence-electron chi connectivity index (χ3n) is 6.75. The van der Waals surface area contributed by atoms with Crippen LogP contribution in [0, 0.1) is 5.41 Å². The maximum absolute atomic E-state index is 12.8. The third-order valence-corrected chi connectivity index (χ3v) is 8.50. The Morgan fingerprint density at radius 1 is 1.15 bits per heavy atom. The molecule has 1 atom stereocenters. The van der Waals surface area contributed by atoms with Crippen LogP contribution in [0.4, 0.5) is 5.95 Å². The van der Waals surface area contributed by atoms with E-state index >= 15 is 0 Å². The van der Waals surface area contributed by atoms with Crippen molar-refractivity contribution < 1.29 is 13.5 Å². The Morgan fingerprint density at radius 2 is 1.85 bits per heavy atom. The van der Waals surface area contributed by atoms with E-state index in [-0.39, 0.29) is 34.9 Å². The molecule has 1 unspecified atom stereocenters. The highest BCUT2D eigenvalue weighted by atomic mass is 32.2. The fraction of sp³-hybridized carbons (Fsp3) is 0.348. The molecule has 1 aromatic carbocycles. The van der Waals surface area contributed by atoms with Gasteiger partial charge in [0, 0.05) is 29.7 Å². The molecule has 11 heteroatoms. The zero-order valence-corrected chi connectivity index (χ0v) is 19.2. The van der Waals surface area contributed by atoms with E-state index < -0.39 is 21.1 Å². The van der Waals surface area contributed by atoms with Gasteiger partial charge in [0.1, 0.15) is 5.84 Å². The molecule has 2 fully saturated rings. The minimum atomic E-state index is -3.06. The molecule has 176 valence electrons. The molecule has 3 aromatic rings. The van der Waals surface area contributed by atoms with Crippen LogP contribution in [0.2, 0.25) is 0 Å². The summed E-state index contributed by atoms with van der Waals surface area (Å²) in [5.74, 6) is -0.144. The van der Waals surface area contributed by atoms with Crippen molar-refractivity contribution >= 4 is 27.5 Å². The number of rotatable bonds is 5. The van der Waals surface area contributed by atoms with Crippen LogP contribution in [-0.4, -0.2) is 51.4 Å². The van der Waals surface area contributed by atoms with Gasteiger partial charge in [0.15, 0.2) is 9.84 Å². The van der Waals surface area contributed by atoms with E-state index in [2.05, 4.69) is 20.1 Å². The van der Waals surface area contributed by atoms with Gasteiger partial charge in [-0.25, -0.2) is 23.4 Å². The highest BCUT2D eigenvalue weighted by Gasteiger charge is 2.43. The zero-order chi connectivity index (χ0) is 23.9. The minimum absolute atomic E-state index is 0.0247. The van der Waals surface area contributed by atoms with E-state index in [0.29, 0.717) is 6.42 Å². The Balaban J connectivity index is 1.35. The Bertz CT molecular complexity index is 1360. The maximum Gasteiger partial charge on any atom is 0.219 e. The van der Waals surface area contributed by atoms with Gasteiger partial charge in [0.2, 0.25) is 5.95 Å². The van der Waals surface area contributed by atoms with Gasteiger partial charge >= 0.3 is 0 Å². The molecule has 0 radical (unpaired) electrons. The molecular weight excluding hydrogens is 454 g/mol. The summed E-state index contributed by atoms with van der Waals surface area (Å²) in [5, 5.41) is 25.6. The Kier molecular flexibility index (Phi) is 5.43. The lowest BCUT2D eigenvalue weighted by Crippen LogP contribution is -2.42. The summed E-state index contributed by atoms with van der Waals surface area (Å²) < 4.78 is 25.0. The number of hydrogen-bond donors (Lipinski definition) is 2. The summed E-state index contributed by atoms with van der Waals surface area (Å²) in [6.07, 6.45) is 9.15. The number of sulfone groups is 1. The zero-order valence-electron chi connectivity index (χ0n) is 18.4. The van der Waals surface area contributed by atoms with Gasteiger partial charge in [-0.05, 0) is 36.3 Å². The lowest BCUT2D eigenvalue weighted by Gasteiger charge is -2.41. The normalized spacial score (nSPS) is 21.2. The Morgan fingerprint density at radius 3 is 2.44 bits per heavy atom. The number of benzene rings is 1. The average Bonchev–Trinajstić information content (AvgIpc) is 3.41. The number of amidine groups is 1. The van der Waals surface area contributed by atoms with E-state index in [1.807, 2.05) is 24.3 Å². The van der Waals surface area contributed by atoms with Crippen molar-refractivity contribution in [3.8, 4) is 11.1 Å². The summed E-state index contributed by atoms with van der Waals surface area (Å²) >= 11 is 0. The number of anilines is 1. The fourth-order valence-electron chi connectivity index (χ4n) is 4.57. The number of nitrogen functional groups attached to an aromatic ring is 1. The number of nitrogens with one attached hydrogen (secondary N) is 1. The molecule has 1 aliphatic carbocycles. The number of hydrogen-bond acceptors (Lipinski definition) is 8. The molecule has 2 aliphatic rings. The predicted molar refractivity (Wildman–Crippen MR) is 126 cm³/mol. The van der Waals surface area contributed by atoms with E-state index in [1.165, 1.54) is 17.1 Å². The number of nitrogens with zero attached hydrogens (tertiary/aromatic N) is 5. The molecule has 5 rings (SSSR count). The van der Waals surface area contributed by atoms with Crippen molar-refractivity contribution in [2.75, 3.05) is 17.2 Å².